The zero-order chi connectivity index (χ0) is 11.7. The van der Waals surface area contributed by atoms with Gasteiger partial charge in [0.05, 0.1) is 24.0 Å². The van der Waals surface area contributed by atoms with E-state index < -0.39 is 5.97 Å². The Balaban J connectivity index is 2.36. The molecule has 1 aliphatic heterocycles. The number of benzene rings is 1. The van der Waals surface area contributed by atoms with Crippen molar-refractivity contribution in [1.29, 1.82) is 0 Å². The summed E-state index contributed by atoms with van der Waals surface area (Å²) in [7, 11) is 1.33. The number of hydrogen-bond donors (Lipinski definition) is 2. The van der Waals surface area contributed by atoms with Crippen molar-refractivity contribution in [2.75, 3.05) is 17.7 Å². The van der Waals surface area contributed by atoms with Crippen molar-refractivity contribution >= 4 is 23.3 Å². The van der Waals surface area contributed by atoms with E-state index in [1.807, 2.05) is 0 Å². The number of amides is 1. The average Bonchev–Trinajstić information content (AvgIpc) is 2.29. The molecular formula is C11H12N2O3. The van der Waals surface area contributed by atoms with Gasteiger partial charge >= 0.3 is 5.97 Å². The molecular weight excluding hydrogens is 208 g/mol. The van der Waals surface area contributed by atoms with Crippen LogP contribution in [-0.2, 0) is 9.53 Å². The van der Waals surface area contributed by atoms with Crippen molar-refractivity contribution in [2.45, 2.75) is 13.0 Å². The van der Waals surface area contributed by atoms with Crippen LogP contribution >= 0.6 is 0 Å². The highest BCUT2D eigenvalue weighted by Gasteiger charge is 2.22. The van der Waals surface area contributed by atoms with Crippen molar-refractivity contribution in [3.8, 4) is 0 Å². The molecule has 1 heterocycles. The van der Waals surface area contributed by atoms with Crippen LogP contribution < -0.4 is 10.6 Å². The Bertz CT molecular complexity index is 457. The summed E-state index contributed by atoms with van der Waals surface area (Å²) in [6.07, 6.45) is 0. The van der Waals surface area contributed by atoms with Gasteiger partial charge in [-0.3, -0.25) is 4.79 Å². The fraction of sp³-hybridized carbons (Fsp3) is 0.273. The minimum atomic E-state index is -0.394. The Kier molecular flexibility index (Phi) is 2.52. The fourth-order valence-corrected chi connectivity index (χ4v) is 1.56. The summed E-state index contributed by atoms with van der Waals surface area (Å²) in [4.78, 5) is 22.7. The van der Waals surface area contributed by atoms with Crippen molar-refractivity contribution < 1.29 is 14.3 Å². The van der Waals surface area contributed by atoms with E-state index in [-0.39, 0.29) is 11.9 Å². The van der Waals surface area contributed by atoms with Gasteiger partial charge in [-0.15, -0.1) is 0 Å². The van der Waals surface area contributed by atoms with Crippen molar-refractivity contribution in [1.82, 2.24) is 0 Å². The number of carbonyl (C=O) groups excluding carboxylic acids is 2. The molecule has 0 spiro atoms. The molecule has 84 valence electrons. The molecule has 0 aliphatic carbocycles. The third kappa shape index (κ3) is 1.71. The molecule has 0 unspecified atom stereocenters. The van der Waals surface area contributed by atoms with E-state index in [0.29, 0.717) is 11.3 Å². The number of methoxy groups -OCH3 is 1. The molecule has 1 atom stereocenters. The molecule has 0 saturated heterocycles. The van der Waals surface area contributed by atoms with Crippen molar-refractivity contribution in [2.24, 2.45) is 0 Å². The number of anilines is 2. The van der Waals surface area contributed by atoms with Crippen molar-refractivity contribution in [3.05, 3.63) is 23.8 Å². The second-order valence-electron chi connectivity index (χ2n) is 3.61. The monoisotopic (exact) mass is 220 g/mol. The maximum absolute atomic E-state index is 11.4. The molecule has 5 nitrogen and oxygen atoms in total. The molecule has 0 fully saturated rings. The van der Waals surface area contributed by atoms with Crippen molar-refractivity contribution in [3.63, 3.8) is 0 Å². The summed E-state index contributed by atoms with van der Waals surface area (Å²) in [5, 5.41) is 5.75. The van der Waals surface area contributed by atoms with Crippen LogP contribution in [0.1, 0.15) is 17.3 Å². The van der Waals surface area contributed by atoms with Gasteiger partial charge < -0.3 is 15.4 Å². The fourth-order valence-electron chi connectivity index (χ4n) is 1.56. The quantitative estimate of drug-likeness (QED) is 0.698. The second kappa shape index (κ2) is 3.84. The van der Waals surface area contributed by atoms with E-state index in [4.69, 9.17) is 0 Å². The lowest BCUT2D eigenvalue weighted by molar-refractivity contribution is -0.116. The Labute approximate surface area is 92.8 Å². The van der Waals surface area contributed by atoms with Gasteiger partial charge in [0, 0.05) is 0 Å². The van der Waals surface area contributed by atoms with Crippen LogP contribution in [0.5, 0.6) is 0 Å². The third-order valence-corrected chi connectivity index (χ3v) is 2.46. The first-order valence-corrected chi connectivity index (χ1v) is 4.91. The first-order valence-electron chi connectivity index (χ1n) is 4.91. The summed E-state index contributed by atoms with van der Waals surface area (Å²) < 4.78 is 4.62. The number of nitrogens with one attached hydrogen (secondary N) is 2. The molecule has 0 radical (unpaired) electrons. The summed E-state index contributed by atoms with van der Waals surface area (Å²) in [5.41, 5.74) is 1.86. The number of esters is 1. The Morgan fingerprint density at radius 2 is 2.12 bits per heavy atom. The molecule has 1 amide bonds. The number of rotatable bonds is 1. The van der Waals surface area contributed by atoms with Gasteiger partial charge in [-0.1, -0.05) is 0 Å². The van der Waals surface area contributed by atoms with E-state index in [2.05, 4.69) is 15.4 Å². The largest absolute Gasteiger partial charge is 0.465 e. The molecule has 2 rings (SSSR count). The summed E-state index contributed by atoms with van der Waals surface area (Å²) in [6.45, 7) is 1.75. The summed E-state index contributed by atoms with van der Waals surface area (Å²) in [6, 6.07) is 4.65. The van der Waals surface area contributed by atoms with Crippen LogP contribution in [0.2, 0.25) is 0 Å². The second-order valence-corrected chi connectivity index (χ2v) is 3.61. The first-order chi connectivity index (χ1) is 7.61. The van der Waals surface area contributed by atoms with Gasteiger partial charge in [0.15, 0.2) is 0 Å². The molecule has 1 aliphatic rings. The molecule has 2 N–H and O–H groups in total. The van der Waals surface area contributed by atoms with E-state index in [9.17, 15) is 9.59 Å². The van der Waals surface area contributed by atoms with Gasteiger partial charge in [0.2, 0.25) is 5.91 Å². The summed E-state index contributed by atoms with van der Waals surface area (Å²) in [5.74, 6) is -0.479. The normalized spacial score (nSPS) is 18.1. The maximum atomic E-state index is 11.4. The SMILES string of the molecule is COC(=O)c1ccc2c(c1)N[C@H](C)C(=O)N2. The van der Waals surface area contributed by atoms with E-state index in [1.54, 1.807) is 25.1 Å². The van der Waals surface area contributed by atoms with Crippen LogP contribution in [0.25, 0.3) is 0 Å². The molecule has 0 aromatic heterocycles. The standard InChI is InChI=1S/C11H12N2O3/c1-6-10(14)13-8-4-3-7(11(15)16-2)5-9(8)12-6/h3-6,12H,1-2H3,(H,13,14)/t6-/m1/s1. The highest BCUT2D eigenvalue weighted by atomic mass is 16.5. The minimum absolute atomic E-state index is 0.0849. The highest BCUT2D eigenvalue weighted by Crippen LogP contribution is 2.27. The Morgan fingerprint density at radius 3 is 2.81 bits per heavy atom. The zero-order valence-corrected chi connectivity index (χ0v) is 9.03. The lowest BCUT2D eigenvalue weighted by Gasteiger charge is -2.24. The number of carbonyl (C=O) groups is 2. The predicted molar refractivity (Wildman–Crippen MR) is 59.5 cm³/mol. The van der Waals surface area contributed by atoms with Crippen LogP contribution in [0.3, 0.4) is 0 Å². The average molecular weight is 220 g/mol. The Hall–Kier alpha value is -2.04. The smallest absolute Gasteiger partial charge is 0.337 e. The van der Waals surface area contributed by atoms with Crippen LogP contribution in [-0.4, -0.2) is 25.0 Å². The highest BCUT2D eigenvalue weighted by molar-refractivity contribution is 6.04. The van der Waals surface area contributed by atoms with Gasteiger partial charge in [-0.25, -0.2) is 4.79 Å². The topological polar surface area (TPSA) is 67.4 Å². The summed E-state index contributed by atoms with van der Waals surface area (Å²) >= 11 is 0. The molecule has 1 aromatic carbocycles. The van der Waals surface area contributed by atoms with Gasteiger partial charge in [-0.2, -0.15) is 0 Å². The first kappa shape index (κ1) is 10.5. The third-order valence-electron chi connectivity index (χ3n) is 2.46. The molecule has 0 bridgehead atoms. The molecule has 0 saturated carbocycles. The van der Waals surface area contributed by atoms with Gasteiger partial charge in [0.25, 0.3) is 0 Å². The number of hydrogen-bond acceptors (Lipinski definition) is 4. The Morgan fingerprint density at radius 1 is 1.38 bits per heavy atom. The van der Waals surface area contributed by atoms with Gasteiger partial charge in [-0.05, 0) is 25.1 Å². The molecule has 16 heavy (non-hydrogen) atoms. The van der Waals surface area contributed by atoms with Crippen LogP contribution in [0.15, 0.2) is 18.2 Å². The van der Waals surface area contributed by atoms with E-state index in [1.165, 1.54) is 7.11 Å². The molecule has 5 heteroatoms. The number of fused-ring (bicyclic) bond motifs is 1. The zero-order valence-electron chi connectivity index (χ0n) is 9.03. The van der Waals surface area contributed by atoms with Crippen LogP contribution in [0, 0.1) is 0 Å². The lowest BCUT2D eigenvalue weighted by Crippen LogP contribution is -2.36. The minimum Gasteiger partial charge on any atom is -0.465 e. The molecule has 1 aromatic rings. The van der Waals surface area contributed by atoms with Gasteiger partial charge in [0.1, 0.15) is 6.04 Å². The van der Waals surface area contributed by atoms with E-state index in [0.717, 1.165) is 5.69 Å². The van der Waals surface area contributed by atoms with Crippen LogP contribution in [0.4, 0.5) is 11.4 Å². The lowest BCUT2D eigenvalue weighted by atomic mass is 10.1. The predicted octanol–water partition coefficient (Wildman–Crippen LogP) is 1.23. The van der Waals surface area contributed by atoms with E-state index >= 15 is 0 Å². The maximum Gasteiger partial charge on any atom is 0.337 e. The number of ether oxygens (including phenoxy) is 1.